The number of hydrogen-bond acceptors (Lipinski definition) is 1. The molecule has 0 aliphatic carbocycles. The summed E-state index contributed by atoms with van der Waals surface area (Å²) in [6.07, 6.45) is 0. The molecule has 0 atom stereocenters. The van der Waals surface area contributed by atoms with Crippen LogP contribution < -0.4 is 0 Å². The fourth-order valence-corrected chi connectivity index (χ4v) is 0.300. The van der Waals surface area contributed by atoms with Crippen molar-refractivity contribution in [3.05, 3.63) is 0 Å². The molecule has 0 aromatic heterocycles. The molecule has 0 spiro atoms. The third kappa shape index (κ3) is 9.67. The van der Waals surface area contributed by atoms with Gasteiger partial charge in [0, 0.05) is 0 Å². The van der Waals surface area contributed by atoms with E-state index in [0.717, 1.165) is 11.0 Å². The van der Waals surface area contributed by atoms with Crippen molar-refractivity contribution in [3.8, 4) is 0 Å². The first-order valence-corrected chi connectivity index (χ1v) is 2.47. The van der Waals surface area contributed by atoms with Crippen LogP contribution in [0.4, 0.5) is 0 Å². The van der Waals surface area contributed by atoms with E-state index in [0.29, 0.717) is 0 Å². The third-order valence-electron chi connectivity index (χ3n) is 0.771. The molecular formula is C5H14NOSe+2. The maximum atomic E-state index is 8.39. The van der Waals surface area contributed by atoms with Gasteiger partial charge in [0.15, 0.2) is 0 Å². The summed E-state index contributed by atoms with van der Waals surface area (Å²) in [4.78, 5) is 0. The third-order valence-corrected chi connectivity index (χ3v) is 0.771. The van der Waals surface area contributed by atoms with Gasteiger partial charge in [0.25, 0.3) is 0 Å². The van der Waals surface area contributed by atoms with E-state index in [1.807, 2.05) is 0 Å². The van der Waals surface area contributed by atoms with Crippen LogP contribution in [-0.4, -0.2) is 61.0 Å². The molecule has 1 N–H and O–H groups in total. The topological polar surface area (TPSA) is 20.2 Å². The van der Waals surface area contributed by atoms with Crippen molar-refractivity contribution in [3.63, 3.8) is 0 Å². The van der Waals surface area contributed by atoms with Crippen molar-refractivity contribution >= 4 is 17.1 Å². The largest absolute Gasteiger partial charge is 1.00 e. The van der Waals surface area contributed by atoms with Gasteiger partial charge < -0.3 is 9.59 Å². The Labute approximate surface area is 61.6 Å². The molecule has 2 nitrogen and oxygen atoms in total. The predicted molar refractivity (Wildman–Crippen MR) is 35.7 cm³/mol. The summed E-state index contributed by atoms with van der Waals surface area (Å²) in [6.45, 7) is 1.11. The molecule has 8 heavy (non-hydrogen) atoms. The fraction of sp³-hybridized carbons (Fsp3) is 1.00. The fourth-order valence-electron chi connectivity index (χ4n) is 0.300. The van der Waals surface area contributed by atoms with Crippen molar-refractivity contribution in [2.45, 2.75) is 0 Å². The minimum Gasteiger partial charge on any atom is -0.391 e. The van der Waals surface area contributed by atoms with Gasteiger partial charge in [-0.25, -0.2) is 0 Å². The van der Waals surface area contributed by atoms with E-state index in [2.05, 4.69) is 21.1 Å². The number of nitrogens with zero attached hydrogens (tertiary/aromatic N) is 1. The van der Waals surface area contributed by atoms with E-state index < -0.39 is 0 Å². The van der Waals surface area contributed by atoms with Gasteiger partial charge in [0.1, 0.15) is 6.54 Å². The Morgan fingerprint density at radius 3 is 1.62 bits per heavy atom. The molecule has 3 radical (unpaired) electrons. The normalized spacial score (nSPS) is 10.5. The van der Waals surface area contributed by atoms with Gasteiger partial charge in [-0.1, -0.05) is 0 Å². The minimum absolute atomic E-state index is 0. The van der Waals surface area contributed by atoms with E-state index in [9.17, 15) is 0 Å². The second-order valence-electron chi connectivity index (χ2n) is 2.74. The molecule has 0 rings (SSSR count). The number of aliphatic hydroxyl groups is 1. The van der Waals surface area contributed by atoms with Crippen LogP contribution in [-0.2, 0) is 0 Å². The summed E-state index contributed by atoms with van der Waals surface area (Å²) >= 11 is 0. The first kappa shape index (κ1) is 11.3. The standard InChI is InChI=1S/C5H14NO.Se/c1-6(2,3)4-5-7;/h7H,4-5H2,1-3H3;/q2*+1. The van der Waals surface area contributed by atoms with Crippen LogP contribution in [0.15, 0.2) is 0 Å². The van der Waals surface area contributed by atoms with Gasteiger partial charge in [0.05, 0.1) is 27.7 Å². The van der Waals surface area contributed by atoms with Crippen LogP contribution in [0.25, 0.3) is 0 Å². The van der Waals surface area contributed by atoms with Gasteiger partial charge >= 0.3 is 17.1 Å². The summed E-state index contributed by atoms with van der Waals surface area (Å²) in [5, 5.41) is 8.39. The van der Waals surface area contributed by atoms with Gasteiger partial charge in [0.2, 0.25) is 0 Å². The van der Waals surface area contributed by atoms with Gasteiger partial charge in [-0.05, 0) is 0 Å². The minimum atomic E-state index is 0. The van der Waals surface area contributed by atoms with Crippen LogP contribution in [0.3, 0.4) is 0 Å². The van der Waals surface area contributed by atoms with E-state index in [4.69, 9.17) is 5.11 Å². The molecule has 0 aromatic carbocycles. The van der Waals surface area contributed by atoms with Crippen LogP contribution in [0, 0.1) is 0 Å². The molecule has 0 aliphatic rings. The summed E-state index contributed by atoms with van der Waals surface area (Å²) in [5.74, 6) is 0. The SMILES string of the molecule is C[N+](C)(C)CCO.[Se+]. The Hall–Kier alpha value is 0.439. The van der Waals surface area contributed by atoms with Crippen molar-refractivity contribution < 1.29 is 9.59 Å². The molecule has 0 saturated heterocycles. The summed E-state index contributed by atoms with van der Waals surface area (Å²) in [5.41, 5.74) is 0. The van der Waals surface area contributed by atoms with E-state index in [1.54, 1.807) is 0 Å². The second-order valence-corrected chi connectivity index (χ2v) is 2.74. The van der Waals surface area contributed by atoms with Crippen LogP contribution >= 0.6 is 0 Å². The summed E-state index contributed by atoms with van der Waals surface area (Å²) in [6, 6.07) is 0. The zero-order valence-corrected chi connectivity index (χ0v) is 7.43. The van der Waals surface area contributed by atoms with Crippen molar-refractivity contribution in [1.29, 1.82) is 0 Å². The molecule has 0 fully saturated rings. The number of rotatable bonds is 2. The van der Waals surface area contributed by atoms with Gasteiger partial charge in [-0.2, -0.15) is 0 Å². The monoisotopic (exact) mass is 184 g/mol. The van der Waals surface area contributed by atoms with Crippen molar-refractivity contribution in [1.82, 2.24) is 0 Å². The molecule has 0 saturated carbocycles. The van der Waals surface area contributed by atoms with E-state index >= 15 is 0 Å². The average molecular weight is 183 g/mol. The molecule has 0 bridgehead atoms. The zero-order valence-electron chi connectivity index (χ0n) is 5.72. The first-order valence-electron chi connectivity index (χ1n) is 2.47. The van der Waals surface area contributed by atoms with Crippen molar-refractivity contribution in [2.75, 3.05) is 34.3 Å². The molecule has 0 amide bonds. The Bertz CT molecular complexity index is 50.9. The number of hydrogen-bond donors (Lipinski definition) is 1. The maximum absolute atomic E-state index is 8.39. The van der Waals surface area contributed by atoms with Crippen molar-refractivity contribution in [2.24, 2.45) is 0 Å². The molecule has 0 aliphatic heterocycles. The Balaban J connectivity index is 0. The molecular weight excluding hydrogens is 169 g/mol. The summed E-state index contributed by atoms with van der Waals surface area (Å²) in [7, 11) is 6.16. The Morgan fingerprint density at radius 2 is 1.62 bits per heavy atom. The number of quaternary nitrogens is 1. The molecule has 0 heterocycles. The van der Waals surface area contributed by atoms with E-state index in [-0.39, 0.29) is 23.7 Å². The predicted octanol–water partition coefficient (Wildman–Crippen LogP) is -0.696. The first-order chi connectivity index (χ1) is 3.06. The maximum Gasteiger partial charge on any atom is 1.00 e. The molecule has 3 heteroatoms. The van der Waals surface area contributed by atoms with Crippen LogP contribution in [0.1, 0.15) is 0 Å². The summed E-state index contributed by atoms with van der Waals surface area (Å²) < 4.78 is 0.844. The number of likely N-dealkylation sites (N-methyl/N-ethyl adjacent to an activating group) is 1. The van der Waals surface area contributed by atoms with Crippen LogP contribution in [0.5, 0.6) is 0 Å². The second kappa shape index (κ2) is 4.33. The quantitative estimate of drug-likeness (QED) is 0.443. The van der Waals surface area contributed by atoms with Gasteiger partial charge in [-0.15, -0.1) is 0 Å². The smallest absolute Gasteiger partial charge is 0.391 e. The van der Waals surface area contributed by atoms with E-state index in [1.165, 1.54) is 0 Å². The molecule has 0 unspecified atom stereocenters. The van der Waals surface area contributed by atoms with Gasteiger partial charge in [-0.3, -0.25) is 0 Å². The van der Waals surface area contributed by atoms with Crippen LogP contribution in [0.2, 0.25) is 0 Å². The zero-order chi connectivity index (χ0) is 5.91. The molecule has 49 valence electrons. The Morgan fingerprint density at radius 1 is 1.25 bits per heavy atom. The molecule has 0 aromatic rings. The Kier molecular flexibility index (Phi) is 6.10. The number of aliphatic hydroxyl groups excluding tert-OH is 1. The average Bonchev–Trinajstić information content (AvgIpc) is 1.30.